The maximum atomic E-state index is 10.8. The molecule has 6 nitrogen and oxygen atoms in total. The summed E-state index contributed by atoms with van der Waals surface area (Å²) in [6, 6.07) is 1.58. The molecule has 1 heterocycles. The first-order chi connectivity index (χ1) is 7.90. The smallest absolute Gasteiger partial charge is 0.372 e. The number of rotatable bonds is 7. The van der Waals surface area contributed by atoms with Crippen molar-refractivity contribution in [3.05, 3.63) is 23.7 Å². The van der Waals surface area contributed by atoms with E-state index in [2.05, 4.69) is 5.32 Å². The van der Waals surface area contributed by atoms with Gasteiger partial charge in [0.05, 0.1) is 12.0 Å². The zero-order valence-corrected chi connectivity index (χ0v) is 10.3. The quantitative estimate of drug-likeness (QED) is 0.694. The number of aromatic carboxylic acids is 1. The van der Waals surface area contributed by atoms with Gasteiger partial charge < -0.3 is 14.8 Å². The van der Waals surface area contributed by atoms with Crippen molar-refractivity contribution in [2.45, 2.75) is 13.0 Å². The van der Waals surface area contributed by atoms with Gasteiger partial charge in [0.2, 0.25) is 5.76 Å². The average Bonchev–Trinajstić information content (AvgIpc) is 2.63. The van der Waals surface area contributed by atoms with E-state index in [9.17, 15) is 13.2 Å². The van der Waals surface area contributed by atoms with Crippen LogP contribution >= 0.6 is 0 Å². The number of furan rings is 1. The Labute approximate surface area is 99.5 Å². The SMILES string of the molecule is CS(=O)(=O)CCCNCc1ccoc1C(=O)O. The summed E-state index contributed by atoms with van der Waals surface area (Å²) < 4.78 is 26.5. The van der Waals surface area contributed by atoms with Gasteiger partial charge in [-0.3, -0.25) is 0 Å². The zero-order valence-electron chi connectivity index (χ0n) is 9.47. The van der Waals surface area contributed by atoms with Crippen LogP contribution in [0.25, 0.3) is 0 Å². The summed E-state index contributed by atoms with van der Waals surface area (Å²) in [6.45, 7) is 0.860. The molecular formula is C10H15NO5S. The highest BCUT2D eigenvalue weighted by Crippen LogP contribution is 2.09. The molecule has 1 aromatic rings. The van der Waals surface area contributed by atoms with E-state index in [-0.39, 0.29) is 11.5 Å². The highest BCUT2D eigenvalue weighted by atomic mass is 32.2. The molecule has 0 unspecified atom stereocenters. The van der Waals surface area contributed by atoms with Crippen LogP contribution in [-0.4, -0.2) is 38.0 Å². The van der Waals surface area contributed by atoms with Crippen LogP contribution in [0, 0.1) is 0 Å². The first-order valence-corrected chi connectivity index (χ1v) is 7.14. The molecule has 0 radical (unpaired) electrons. The van der Waals surface area contributed by atoms with Gasteiger partial charge in [0.15, 0.2) is 0 Å². The number of carboxylic acid groups (broad SMARTS) is 1. The number of hydrogen-bond acceptors (Lipinski definition) is 5. The minimum Gasteiger partial charge on any atom is -0.475 e. The van der Waals surface area contributed by atoms with Gasteiger partial charge in [-0.15, -0.1) is 0 Å². The van der Waals surface area contributed by atoms with Crippen molar-refractivity contribution in [3.63, 3.8) is 0 Å². The van der Waals surface area contributed by atoms with Crippen molar-refractivity contribution in [1.82, 2.24) is 5.32 Å². The summed E-state index contributed by atoms with van der Waals surface area (Å²) in [7, 11) is -2.93. The molecule has 17 heavy (non-hydrogen) atoms. The molecule has 0 fully saturated rings. The van der Waals surface area contributed by atoms with Gasteiger partial charge in [0.25, 0.3) is 0 Å². The molecule has 0 aliphatic heterocycles. The lowest BCUT2D eigenvalue weighted by molar-refractivity contribution is 0.0660. The Morgan fingerprint density at radius 3 is 2.82 bits per heavy atom. The van der Waals surface area contributed by atoms with Gasteiger partial charge in [-0.05, 0) is 19.0 Å². The van der Waals surface area contributed by atoms with Crippen LogP contribution < -0.4 is 5.32 Å². The fraction of sp³-hybridized carbons (Fsp3) is 0.500. The molecule has 0 aromatic carbocycles. The van der Waals surface area contributed by atoms with Crippen LogP contribution in [0.3, 0.4) is 0 Å². The van der Waals surface area contributed by atoms with Crippen molar-refractivity contribution in [2.24, 2.45) is 0 Å². The molecule has 0 saturated heterocycles. The molecule has 0 saturated carbocycles. The van der Waals surface area contributed by atoms with Crippen LogP contribution in [0.1, 0.15) is 22.5 Å². The van der Waals surface area contributed by atoms with Gasteiger partial charge in [0, 0.05) is 18.4 Å². The second-order valence-electron chi connectivity index (χ2n) is 3.74. The van der Waals surface area contributed by atoms with Gasteiger partial charge in [-0.2, -0.15) is 0 Å². The van der Waals surface area contributed by atoms with E-state index in [1.165, 1.54) is 12.5 Å². The van der Waals surface area contributed by atoms with Gasteiger partial charge >= 0.3 is 5.97 Å². The number of carboxylic acids is 1. The van der Waals surface area contributed by atoms with Crippen molar-refractivity contribution in [2.75, 3.05) is 18.6 Å². The molecule has 1 aromatic heterocycles. The standard InChI is InChI=1S/C10H15NO5S/c1-17(14,15)6-2-4-11-7-8-3-5-16-9(8)10(12)13/h3,5,11H,2,4,6-7H2,1H3,(H,12,13). The van der Waals surface area contributed by atoms with E-state index in [0.717, 1.165) is 0 Å². The Morgan fingerprint density at radius 2 is 2.24 bits per heavy atom. The summed E-state index contributed by atoms with van der Waals surface area (Å²) >= 11 is 0. The molecule has 0 spiro atoms. The predicted octanol–water partition coefficient (Wildman–Crippen LogP) is 0.502. The van der Waals surface area contributed by atoms with E-state index in [4.69, 9.17) is 9.52 Å². The fourth-order valence-electron chi connectivity index (χ4n) is 1.34. The lowest BCUT2D eigenvalue weighted by Gasteiger charge is -2.03. The summed E-state index contributed by atoms with van der Waals surface area (Å²) in [4.78, 5) is 10.7. The molecule has 96 valence electrons. The lowest BCUT2D eigenvalue weighted by atomic mass is 10.2. The highest BCUT2D eigenvalue weighted by molar-refractivity contribution is 7.90. The van der Waals surface area contributed by atoms with Crippen molar-refractivity contribution in [1.29, 1.82) is 0 Å². The Morgan fingerprint density at radius 1 is 1.53 bits per heavy atom. The van der Waals surface area contributed by atoms with Crippen LogP contribution in [-0.2, 0) is 16.4 Å². The maximum Gasteiger partial charge on any atom is 0.372 e. The second kappa shape index (κ2) is 5.83. The number of nitrogens with one attached hydrogen (secondary N) is 1. The Bertz CT molecular complexity index is 477. The Hall–Kier alpha value is -1.34. The van der Waals surface area contributed by atoms with Crippen LogP contribution in [0.15, 0.2) is 16.7 Å². The van der Waals surface area contributed by atoms with Gasteiger partial charge in [-0.1, -0.05) is 0 Å². The molecule has 7 heteroatoms. The van der Waals surface area contributed by atoms with E-state index in [1.54, 1.807) is 6.07 Å². The summed E-state index contributed by atoms with van der Waals surface area (Å²) in [6.07, 6.45) is 3.00. The molecule has 2 N–H and O–H groups in total. The molecule has 0 atom stereocenters. The average molecular weight is 261 g/mol. The molecule has 0 amide bonds. The number of carbonyl (C=O) groups is 1. The largest absolute Gasteiger partial charge is 0.475 e. The van der Waals surface area contributed by atoms with Crippen LogP contribution in [0.4, 0.5) is 0 Å². The Balaban J connectivity index is 2.32. The number of sulfone groups is 1. The van der Waals surface area contributed by atoms with Crippen molar-refractivity contribution in [3.8, 4) is 0 Å². The van der Waals surface area contributed by atoms with E-state index < -0.39 is 15.8 Å². The van der Waals surface area contributed by atoms with Crippen molar-refractivity contribution < 1.29 is 22.7 Å². The minimum atomic E-state index is -2.93. The summed E-state index contributed by atoms with van der Waals surface area (Å²) in [5.74, 6) is -1.07. The first-order valence-electron chi connectivity index (χ1n) is 5.08. The van der Waals surface area contributed by atoms with Crippen LogP contribution in [0.2, 0.25) is 0 Å². The minimum absolute atomic E-state index is 0.0828. The third-order valence-corrected chi connectivity index (χ3v) is 3.16. The third kappa shape index (κ3) is 5.01. The topological polar surface area (TPSA) is 96.6 Å². The first kappa shape index (κ1) is 13.7. The molecule has 0 bridgehead atoms. The summed E-state index contributed by atoms with van der Waals surface area (Å²) in [5, 5.41) is 11.7. The normalized spacial score (nSPS) is 11.6. The van der Waals surface area contributed by atoms with Gasteiger partial charge in [0.1, 0.15) is 9.84 Å². The monoisotopic (exact) mass is 261 g/mol. The van der Waals surface area contributed by atoms with E-state index in [0.29, 0.717) is 25.1 Å². The van der Waals surface area contributed by atoms with Crippen LogP contribution in [0.5, 0.6) is 0 Å². The molecular weight excluding hydrogens is 246 g/mol. The second-order valence-corrected chi connectivity index (χ2v) is 6.00. The number of hydrogen-bond donors (Lipinski definition) is 2. The highest BCUT2D eigenvalue weighted by Gasteiger charge is 2.12. The van der Waals surface area contributed by atoms with Gasteiger partial charge in [-0.25, -0.2) is 13.2 Å². The third-order valence-electron chi connectivity index (χ3n) is 2.13. The zero-order chi connectivity index (χ0) is 12.9. The van der Waals surface area contributed by atoms with E-state index in [1.807, 2.05) is 0 Å². The Kier molecular flexibility index (Phi) is 4.71. The molecule has 0 aliphatic rings. The van der Waals surface area contributed by atoms with Crippen molar-refractivity contribution >= 4 is 15.8 Å². The lowest BCUT2D eigenvalue weighted by Crippen LogP contribution is -2.18. The van der Waals surface area contributed by atoms with E-state index >= 15 is 0 Å². The summed E-state index contributed by atoms with van der Waals surface area (Å²) in [5.41, 5.74) is 0.553. The predicted molar refractivity (Wildman–Crippen MR) is 61.7 cm³/mol. The fourth-order valence-corrected chi connectivity index (χ4v) is 2.01. The molecule has 1 rings (SSSR count). The molecule has 0 aliphatic carbocycles. The maximum absolute atomic E-state index is 10.8.